The van der Waals surface area contributed by atoms with Gasteiger partial charge >= 0.3 is 0 Å². The lowest BCUT2D eigenvalue weighted by molar-refractivity contribution is -0.136. The first-order valence-electron chi connectivity index (χ1n) is 9.01. The molecule has 1 aliphatic rings. The molecular weight excluding hydrogens is 334 g/mol. The molecule has 0 atom stereocenters. The van der Waals surface area contributed by atoms with Gasteiger partial charge in [-0.2, -0.15) is 0 Å². The molecule has 134 valence electrons. The van der Waals surface area contributed by atoms with Gasteiger partial charge in [0, 0.05) is 31.2 Å². The van der Waals surface area contributed by atoms with Gasteiger partial charge in [0.1, 0.15) is 5.69 Å². The molecule has 0 radical (unpaired) electrons. The third-order valence-corrected chi connectivity index (χ3v) is 5.66. The van der Waals surface area contributed by atoms with Gasteiger partial charge in [0.15, 0.2) is 5.01 Å². The number of anilines is 1. The lowest BCUT2D eigenvalue weighted by Crippen LogP contribution is -2.44. The second kappa shape index (κ2) is 8.38. The molecule has 1 N–H and O–H groups in total. The first-order chi connectivity index (χ1) is 12.2. The molecule has 0 aromatic carbocycles. The van der Waals surface area contributed by atoms with Crippen molar-refractivity contribution in [2.45, 2.75) is 45.6 Å². The summed E-state index contributed by atoms with van der Waals surface area (Å²) in [6, 6.07) is 6.12. The van der Waals surface area contributed by atoms with Crippen LogP contribution in [0.2, 0.25) is 0 Å². The Morgan fingerprint density at radius 1 is 1.28 bits per heavy atom. The van der Waals surface area contributed by atoms with Crippen LogP contribution in [0.3, 0.4) is 0 Å². The summed E-state index contributed by atoms with van der Waals surface area (Å²) in [4.78, 5) is 18.8. The van der Waals surface area contributed by atoms with Crippen molar-refractivity contribution in [2.24, 2.45) is 5.92 Å². The monoisotopic (exact) mass is 359 g/mol. The maximum atomic E-state index is 12.5. The quantitative estimate of drug-likeness (QED) is 0.855. The van der Waals surface area contributed by atoms with Crippen LogP contribution in [0, 0.1) is 5.92 Å². The van der Waals surface area contributed by atoms with Crippen LogP contribution in [0.1, 0.15) is 39.5 Å². The van der Waals surface area contributed by atoms with E-state index in [0.717, 1.165) is 54.6 Å². The van der Waals surface area contributed by atoms with Crippen LogP contribution < -0.4 is 5.32 Å². The third kappa shape index (κ3) is 4.34. The van der Waals surface area contributed by atoms with Crippen LogP contribution in [-0.2, 0) is 4.79 Å². The zero-order chi connectivity index (χ0) is 17.6. The van der Waals surface area contributed by atoms with Gasteiger partial charge in [-0.3, -0.25) is 9.78 Å². The maximum Gasteiger partial charge on any atom is 0.225 e. The van der Waals surface area contributed by atoms with Crippen LogP contribution >= 0.6 is 11.3 Å². The largest absolute Gasteiger partial charge is 0.357 e. The first kappa shape index (κ1) is 17.8. The molecular formula is C18H25N5OS. The summed E-state index contributed by atoms with van der Waals surface area (Å²) in [5.74, 6) is 0.491. The number of hydrogen-bond acceptors (Lipinski definition) is 6. The third-order valence-electron chi connectivity index (χ3n) is 4.78. The minimum Gasteiger partial charge on any atom is -0.357 e. The zero-order valence-electron chi connectivity index (χ0n) is 14.8. The average Bonchev–Trinajstić information content (AvgIpc) is 3.12. The predicted octanol–water partition coefficient (Wildman–Crippen LogP) is 3.44. The highest BCUT2D eigenvalue weighted by Crippen LogP contribution is 2.26. The number of carbonyl (C=O) groups is 1. The molecule has 2 aromatic rings. The number of amides is 1. The summed E-state index contributed by atoms with van der Waals surface area (Å²) in [6.45, 7) is 5.82. The summed E-state index contributed by atoms with van der Waals surface area (Å²) in [5.41, 5.74) is 0.846. The number of pyridine rings is 1. The Balaban J connectivity index is 1.53. The van der Waals surface area contributed by atoms with Crippen molar-refractivity contribution in [2.75, 3.05) is 18.4 Å². The topological polar surface area (TPSA) is 71.0 Å². The Labute approximate surface area is 152 Å². The van der Waals surface area contributed by atoms with Crippen LogP contribution in [0.25, 0.3) is 10.7 Å². The Hall–Kier alpha value is -2.02. The molecule has 1 aliphatic heterocycles. The number of hydrogen-bond donors (Lipinski definition) is 1. The number of carbonyl (C=O) groups excluding carboxylic acids is 1. The van der Waals surface area contributed by atoms with E-state index in [4.69, 9.17) is 0 Å². The van der Waals surface area contributed by atoms with Crippen molar-refractivity contribution >= 4 is 22.4 Å². The van der Waals surface area contributed by atoms with E-state index >= 15 is 0 Å². The smallest absolute Gasteiger partial charge is 0.225 e. The van der Waals surface area contributed by atoms with Crippen molar-refractivity contribution in [1.29, 1.82) is 0 Å². The number of aromatic nitrogens is 3. The highest BCUT2D eigenvalue weighted by Gasteiger charge is 2.26. The van der Waals surface area contributed by atoms with Crippen molar-refractivity contribution < 1.29 is 4.79 Å². The van der Waals surface area contributed by atoms with E-state index in [0.29, 0.717) is 11.9 Å². The standard InChI is InChI=1S/C18H25N5OS/c1-3-13(4-2)17(24)23-11-8-14(9-12-23)20-18-22-21-16(25-18)15-7-5-6-10-19-15/h5-7,10,13-14H,3-4,8-9,11-12H2,1-2H3,(H,20,22). The molecule has 3 heterocycles. The van der Waals surface area contributed by atoms with Gasteiger partial charge in [0.25, 0.3) is 0 Å². The molecule has 0 saturated carbocycles. The van der Waals surface area contributed by atoms with E-state index in [1.165, 1.54) is 11.3 Å². The number of nitrogens with one attached hydrogen (secondary N) is 1. The van der Waals surface area contributed by atoms with E-state index in [1.54, 1.807) is 6.20 Å². The van der Waals surface area contributed by atoms with Crippen molar-refractivity contribution in [3.05, 3.63) is 24.4 Å². The van der Waals surface area contributed by atoms with Crippen LogP contribution in [-0.4, -0.2) is 45.1 Å². The highest BCUT2D eigenvalue weighted by atomic mass is 32.1. The summed E-state index contributed by atoms with van der Waals surface area (Å²) < 4.78 is 0. The minimum atomic E-state index is 0.175. The summed E-state index contributed by atoms with van der Waals surface area (Å²) in [7, 11) is 0. The number of piperidine rings is 1. The molecule has 0 bridgehead atoms. The molecule has 3 rings (SSSR count). The van der Waals surface area contributed by atoms with Crippen LogP contribution in [0.5, 0.6) is 0 Å². The molecule has 0 unspecified atom stereocenters. The molecule has 0 aliphatic carbocycles. The number of likely N-dealkylation sites (tertiary alicyclic amines) is 1. The normalized spacial score (nSPS) is 15.6. The van der Waals surface area contributed by atoms with E-state index in [-0.39, 0.29) is 5.92 Å². The Bertz CT molecular complexity index is 678. The van der Waals surface area contributed by atoms with E-state index < -0.39 is 0 Å². The Morgan fingerprint density at radius 2 is 2.04 bits per heavy atom. The predicted molar refractivity (Wildman–Crippen MR) is 100 cm³/mol. The SMILES string of the molecule is CCC(CC)C(=O)N1CCC(Nc2nnc(-c3ccccn3)s2)CC1. The summed E-state index contributed by atoms with van der Waals surface area (Å²) in [6.07, 6.45) is 5.51. The second-order valence-electron chi connectivity index (χ2n) is 6.38. The molecule has 25 heavy (non-hydrogen) atoms. The van der Waals surface area contributed by atoms with Crippen molar-refractivity contribution in [3.8, 4) is 10.7 Å². The van der Waals surface area contributed by atoms with Crippen molar-refractivity contribution in [1.82, 2.24) is 20.1 Å². The lowest BCUT2D eigenvalue weighted by atomic mass is 9.98. The maximum absolute atomic E-state index is 12.5. The Kier molecular flexibility index (Phi) is 5.96. The van der Waals surface area contributed by atoms with Crippen molar-refractivity contribution in [3.63, 3.8) is 0 Å². The summed E-state index contributed by atoms with van der Waals surface area (Å²) >= 11 is 1.52. The second-order valence-corrected chi connectivity index (χ2v) is 7.36. The van der Waals surface area contributed by atoms with Gasteiger partial charge in [-0.25, -0.2) is 0 Å². The summed E-state index contributed by atoms with van der Waals surface area (Å²) in [5, 5.41) is 13.6. The van der Waals surface area contributed by atoms with Crippen LogP contribution in [0.15, 0.2) is 24.4 Å². The van der Waals surface area contributed by atoms with E-state index in [2.05, 4.69) is 34.3 Å². The van der Waals surface area contributed by atoms with Gasteiger partial charge in [-0.1, -0.05) is 31.3 Å². The zero-order valence-corrected chi connectivity index (χ0v) is 15.6. The fourth-order valence-electron chi connectivity index (χ4n) is 3.19. The van der Waals surface area contributed by atoms with Crippen LogP contribution in [0.4, 0.5) is 5.13 Å². The fourth-order valence-corrected chi connectivity index (χ4v) is 3.99. The molecule has 7 heteroatoms. The molecule has 1 fully saturated rings. The molecule has 1 amide bonds. The van der Waals surface area contributed by atoms with Gasteiger partial charge in [0.05, 0.1) is 0 Å². The Morgan fingerprint density at radius 3 is 2.68 bits per heavy atom. The number of nitrogens with zero attached hydrogens (tertiary/aromatic N) is 4. The van der Waals surface area contributed by atoms with Gasteiger partial charge in [0.2, 0.25) is 11.0 Å². The fraction of sp³-hybridized carbons (Fsp3) is 0.556. The highest BCUT2D eigenvalue weighted by molar-refractivity contribution is 7.18. The van der Waals surface area contributed by atoms with Gasteiger partial charge < -0.3 is 10.2 Å². The van der Waals surface area contributed by atoms with Gasteiger partial charge in [-0.15, -0.1) is 10.2 Å². The molecule has 1 saturated heterocycles. The molecule has 6 nitrogen and oxygen atoms in total. The minimum absolute atomic E-state index is 0.175. The van der Waals surface area contributed by atoms with E-state index in [9.17, 15) is 4.79 Å². The lowest BCUT2D eigenvalue weighted by Gasteiger charge is -2.34. The number of rotatable bonds is 6. The average molecular weight is 359 g/mol. The molecule has 2 aromatic heterocycles. The molecule has 0 spiro atoms. The van der Waals surface area contributed by atoms with E-state index in [1.807, 2.05) is 23.1 Å². The van der Waals surface area contributed by atoms with Gasteiger partial charge in [-0.05, 0) is 37.8 Å². The first-order valence-corrected chi connectivity index (χ1v) is 9.83.